The third-order valence-electron chi connectivity index (χ3n) is 3.46. The van der Waals surface area contributed by atoms with Crippen molar-refractivity contribution in [2.45, 2.75) is 26.2 Å². The van der Waals surface area contributed by atoms with Gasteiger partial charge in [0.15, 0.2) is 0 Å². The van der Waals surface area contributed by atoms with E-state index in [1.807, 2.05) is 12.1 Å². The summed E-state index contributed by atoms with van der Waals surface area (Å²) in [6.07, 6.45) is 0. The van der Waals surface area contributed by atoms with Gasteiger partial charge in [-0.15, -0.1) is 0 Å². The molecular formula is C18H19F2NO3. The number of hydrogen-bond acceptors (Lipinski definition) is 3. The molecular weight excluding hydrogens is 316 g/mol. The van der Waals surface area contributed by atoms with Gasteiger partial charge in [0.25, 0.3) is 5.91 Å². The smallest absolute Gasteiger partial charge is 0.387 e. The van der Waals surface area contributed by atoms with E-state index in [0.717, 1.165) is 5.56 Å². The minimum Gasteiger partial charge on any atom is -0.435 e. The lowest BCUT2D eigenvalue weighted by molar-refractivity contribution is -0.0499. The Kier molecular flexibility index (Phi) is 6.26. The number of amides is 1. The molecule has 0 spiro atoms. The maximum absolute atomic E-state index is 12.3. The fourth-order valence-corrected chi connectivity index (χ4v) is 2.24. The minimum absolute atomic E-state index is 0.0625. The molecule has 2 rings (SSSR count). The molecule has 0 aliphatic carbocycles. The first-order chi connectivity index (χ1) is 11.5. The van der Waals surface area contributed by atoms with Crippen LogP contribution in [0.1, 0.15) is 34.5 Å². The van der Waals surface area contributed by atoms with Gasteiger partial charge in [0.2, 0.25) is 0 Å². The third kappa shape index (κ3) is 5.03. The van der Waals surface area contributed by atoms with Crippen molar-refractivity contribution in [1.82, 2.24) is 5.32 Å². The summed E-state index contributed by atoms with van der Waals surface area (Å²) in [7, 11) is 1.61. The highest BCUT2D eigenvalue weighted by Gasteiger charge is 2.13. The molecule has 24 heavy (non-hydrogen) atoms. The van der Waals surface area contributed by atoms with Crippen LogP contribution in [0.2, 0.25) is 0 Å². The molecule has 0 bridgehead atoms. The van der Waals surface area contributed by atoms with Crippen molar-refractivity contribution in [3.63, 3.8) is 0 Å². The van der Waals surface area contributed by atoms with Crippen molar-refractivity contribution < 1.29 is 23.0 Å². The van der Waals surface area contributed by atoms with Crippen LogP contribution in [-0.2, 0) is 11.3 Å². The number of alkyl halides is 2. The normalized spacial score (nSPS) is 12.0. The van der Waals surface area contributed by atoms with E-state index in [0.29, 0.717) is 17.7 Å². The highest BCUT2D eigenvalue weighted by molar-refractivity contribution is 5.94. The van der Waals surface area contributed by atoms with E-state index in [9.17, 15) is 13.6 Å². The fraction of sp³-hybridized carbons (Fsp3) is 0.278. The molecule has 1 N–H and O–H groups in total. The molecule has 128 valence electrons. The molecule has 0 aliphatic heterocycles. The first kappa shape index (κ1) is 17.9. The Hall–Kier alpha value is -2.47. The molecule has 0 unspecified atom stereocenters. The van der Waals surface area contributed by atoms with Crippen LogP contribution in [0.3, 0.4) is 0 Å². The Morgan fingerprint density at radius 2 is 1.88 bits per heavy atom. The minimum atomic E-state index is -2.88. The Morgan fingerprint density at radius 3 is 2.50 bits per heavy atom. The zero-order valence-electron chi connectivity index (χ0n) is 13.5. The van der Waals surface area contributed by atoms with E-state index < -0.39 is 6.61 Å². The van der Waals surface area contributed by atoms with Gasteiger partial charge in [0.05, 0.1) is 12.6 Å². The number of halogens is 2. The standard InChI is InChI=1S/C18H19F2NO3/c1-12(15-4-3-5-16(10-15)24-18(19)20)21-17(22)14-8-6-13(7-9-14)11-23-2/h3-10,12,18H,11H2,1-2H3,(H,21,22)/t12-/m0/s1. The molecule has 1 atom stereocenters. The second-order valence-corrected chi connectivity index (χ2v) is 5.28. The predicted molar refractivity (Wildman–Crippen MR) is 86.1 cm³/mol. The second kappa shape index (κ2) is 8.40. The van der Waals surface area contributed by atoms with Crippen LogP contribution in [-0.4, -0.2) is 19.6 Å². The van der Waals surface area contributed by atoms with Gasteiger partial charge >= 0.3 is 6.61 Å². The number of hydrogen-bond donors (Lipinski definition) is 1. The average molecular weight is 335 g/mol. The van der Waals surface area contributed by atoms with E-state index in [4.69, 9.17) is 4.74 Å². The summed E-state index contributed by atoms with van der Waals surface area (Å²) in [5.41, 5.74) is 2.16. The van der Waals surface area contributed by atoms with Crippen LogP contribution in [0.25, 0.3) is 0 Å². The third-order valence-corrected chi connectivity index (χ3v) is 3.46. The Bertz CT molecular complexity index is 674. The van der Waals surface area contributed by atoms with E-state index in [-0.39, 0.29) is 17.7 Å². The summed E-state index contributed by atoms with van der Waals surface area (Å²) in [6, 6.07) is 13.0. The Morgan fingerprint density at radius 1 is 1.17 bits per heavy atom. The lowest BCUT2D eigenvalue weighted by atomic mass is 10.1. The number of methoxy groups -OCH3 is 1. The van der Waals surface area contributed by atoms with Gasteiger partial charge in [-0.1, -0.05) is 24.3 Å². The van der Waals surface area contributed by atoms with Gasteiger partial charge in [-0.3, -0.25) is 4.79 Å². The lowest BCUT2D eigenvalue weighted by Crippen LogP contribution is -2.26. The topological polar surface area (TPSA) is 47.6 Å². The van der Waals surface area contributed by atoms with E-state index in [2.05, 4.69) is 10.1 Å². The van der Waals surface area contributed by atoms with E-state index >= 15 is 0 Å². The fourth-order valence-electron chi connectivity index (χ4n) is 2.24. The van der Waals surface area contributed by atoms with Crippen molar-refractivity contribution in [2.24, 2.45) is 0 Å². The molecule has 0 aliphatic rings. The average Bonchev–Trinajstić information content (AvgIpc) is 2.55. The number of carbonyl (C=O) groups is 1. The number of rotatable bonds is 7. The Balaban J connectivity index is 2.03. The maximum atomic E-state index is 12.3. The van der Waals surface area contributed by atoms with E-state index in [1.54, 1.807) is 38.3 Å². The molecule has 0 fully saturated rings. The number of ether oxygens (including phenoxy) is 2. The first-order valence-corrected chi connectivity index (χ1v) is 7.43. The summed E-state index contributed by atoms with van der Waals surface area (Å²) >= 11 is 0. The molecule has 0 saturated carbocycles. The summed E-state index contributed by atoms with van der Waals surface area (Å²) in [5, 5.41) is 2.83. The van der Waals surface area contributed by atoms with Crippen LogP contribution in [0, 0.1) is 0 Å². The molecule has 0 radical (unpaired) electrons. The molecule has 2 aromatic carbocycles. The number of nitrogens with one attached hydrogen (secondary N) is 1. The number of carbonyl (C=O) groups excluding carboxylic acids is 1. The van der Waals surface area contributed by atoms with Crippen molar-refractivity contribution in [3.05, 3.63) is 65.2 Å². The van der Waals surface area contributed by atoms with Crippen LogP contribution in [0.5, 0.6) is 5.75 Å². The van der Waals surface area contributed by atoms with Gasteiger partial charge < -0.3 is 14.8 Å². The van der Waals surface area contributed by atoms with Crippen LogP contribution in [0.4, 0.5) is 8.78 Å². The van der Waals surface area contributed by atoms with Gasteiger partial charge in [0, 0.05) is 12.7 Å². The predicted octanol–water partition coefficient (Wildman–Crippen LogP) is 3.93. The monoisotopic (exact) mass is 335 g/mol. The quantitative estimate of drug-likeness (QED) is 0.834. The van der Waals surface area contributed by atoms with Crippen molar-refractivity contribution in [3.8, 4) is 5.75 Å². The maximum Gasteiger partial charge on any atom is 0.387 e. The summed E-state index contributed by atoms with van der Waals surface area (Å²) in [4.78, 5) is 12.3. The van der Waals surface area contributed by atoms with Gasteiger partial charge in [-0.05, 0) is 42.3 Å². The molecule has 0 saturated heterocycles. The molecule has 2 aromatic rings. The molecule has 6 heteroatoms. The second-order valence-electron chi connectivity index (χ2n) is 5.28. The zero-order valence-corrected chi connectivity index (χ0v) is 13.5. The van der Waals surface area contributed by atoms with Crippen molar-refractivity contribution >= 4 is 5.91 Å². The largest absolute Gasteiger partial charge is 0.435 e. The van der Waals surface area contributed by atoms with Gasteiger partial charge in [-0.2, -0.15) is 8.78 Å². The SMILES string of the molecule is COCc1ccc(C(=O)N[C@@H](C)c2cccc(OC(F)F)c2)cc1. The summed E-state index contributed by atoms with van der Waals surface area (Å²) in [6.45, 7) is -0.621. The van der Waals surface area contributed by atoms with Gasteiger partial charge in [-0.25, -0.2) is 0 Å². The van der Waals surface area contributed by atoms with Gasteiger partial charge in [0.1, 0.15) is 5.75 Å². The molecule has 0 aromatic heterocycles. The first-order valence-electron chi connectivity index (χ1n) is 7.43. The number of benzene rings is 2. The molecule has 0 heterocycles. The van der Waals surface area contributed by atoms with Crippen LogP contribution in [0.15, 0.2) is 48.5 Å². The van der Waals surface area contributed by atoms with Crippen LogP contribution >= 0.6 is 0 Å². The van der Waals surface area contributed by atoms with Crippen molar-refractivity contribution in [1.29, 1.82) is 0 Å². The summed E-state index contributed by atoms with van der Waals surface area (Å²) < 4.78 is 33.9. The van der Waals surface area contributed by atoms with Crippen LogP contribution < -0.4 is 10.1 Å². The summed E-state index contributed by atoms with van der Waals surface area (Å²) in [5.74, 6) is -0.181. The zero-order chi connectivity index (χ0) is 17.5. The highest BCUT2D eigenvalue weighted by Crippen LogP contribution is 2.21. The lowest BCUT2D eigenvalue weighted by Gasteiger charge is -2.16. The molecule has 4 nitrogen and oxygen atoms in total. The molecule has 1 amide bonds. The Labute approximate surface area is 139 Å². The van der Waals surface area contributed by atoms with E-state index in [1.165, 1.54) is 12.1 Å². The van der Waals surface area contributed by atoms with Crippen molar-refractivity contribution in [2.75, 3.05) is 7.11 Å². The highest BCUT2D eigenvalue weighted by atomic mass is 19.3.